The molecule has 8 N–H and O–H groups in total. The second-order valence-corrected chi connectivity index (χ2v) is 2.61. The first-order valence-corrected chi connectivity index (χ1v) is 4.50. The Morgan fingerprint density at radius 2 is 2.06 bits per heavy atom. The summed E-state index contributed by atoms with van der Waals surface area (Å²) in [5.74, 6) is 0.417. The Labute approximate surface area is 160 Å². The van der Waals surface area contributed by atoms with Crippen molar-refractivity contribution >= 4 is 5.96 Å². The topological polar surface area (TPSA) is 162 Å². The average molecular weight is 408 g/mol. The first-order valence-electron chi connectivity index (χ1n) is 4.50. The minimum atomic E-state index is 0. The fraction of sp³-hybridized carbons (Fsp3) is 0.750. The molecule has 0 atom stereocenters. The van der Waals surface area contributed by atoms with Crippen LogP contribution >= 0.6 is 0 Å². The molecule has 2 radical (unpaired) electrons. The quantitative estimate of drug-likeness (QED) is 0.375. The normalized spacial score (nSPS) is 10.6. The summed E-state index contributed by atoms with van der Waals surface area (Å²) in [5.41, 5.74) is 10.7. The maximum atomic E-state index is 7.10. The van der Waals surface area contributed by atoms with Gasteiger partial charge in [0.05, 0.1) is 0 Å². The number of hydrogen-bond donors (Lipinski definition) is 4. The van der Waals surface area contributed by atoms with E-state index in [1.807, 2.05) is 19.0 Å². The Balaban J connectivity index is -0.0000000467. The third-order valence-electron chi connectivity index (χ3n) is 1.43. The molecule has 1 aliphatic heterocycles. The van der Waals surface area contributed by atoms with E-state index in [1.54, 1.807) is 0 Å². The van der Waals surface area contributed by atoms with Crippen LogP contribution in [0.15, 0.2) is 0 Å². The Morgan fingerprint density at radius 3 is 2.11 bits per heavy atom. The molecule has 0 unspecified atom stereocenters. The second kappa shape index (κ2) is 26.3. The third kappa shape index (κ3) is 25.5. The van der Waals surface area contributed by atoms with Crippen molar-refractivity contribution in [2.75, 3.05) is 40.3 Å². The largest absolute Gasteiger partial charge is 0.676 e. The van der Waals surface area contributed by atoms with Crippen LogP contribution in [-0.2, 0) is 65.4 Å². The van der Waals surface area contributed by atoms with Crippen LogP contribution in [0, 0.1) is 16.9 Å². The Bertz CT molecular complexity index is 194. The number of guanidine groups is 1. The van der Waals surface area contributed by atoms with Gasteiger partial charge in [-0.25, -0.2) is 0 Å². The van der Waals surface area contributed by atoms with E-state index in [1.165, 1.54) is 6.19 Å². The van der Waals surface area contributed by atoms with Gasteiger partial charge < -0.3 is 38.6 Å². The van der Waals surface area contributed by atoms with E-state index >= 15 is 0 Å². The van der Waals surface area contributed by atoms with Gasteiger partial charge in [-0.3, -0.25) is 0 Å². The average Bonchev–Trinajstić information content (AvgIpc) is 2.55. The molecule has 0 aromatic heterocycles. The molecule has 1 rings (SSSR count). The molecule has 0 amide bonds. The van der Waals surface area contributed by atoms with Crippen molar-refractivity contribution in [1.29, 1.82) is 10.7 Å². The van der Waals surface area contributed by atoms with Gasteiger partial charge in [-0.15, -0.1) is 6.54 Å². The van der Waals surface area contributed by atoms with Crippen molar-refractivity contribution in [3.63, 3.8) is 0 Å². The van der Waals surface area contributed by atoms with Crippen molar-refractivity contribution in [2.45, 2.75) is 0 Å². The van der Waals surface area contributed by atoms with E-state index in [-0.39, 0.29) is 71.6 Å². The minimum absolute atomic E-state index is 0. The number of hydrogen-bond acceptors (Lipinski definition) is 5. The molecule has 102 valence electrons. The fourth-order valence-corrected chi connectivity index (χ4v) is 0.658. The van der Waals surface area contributed by atoms with Crippen LogP contribution < -0.4 is 17.2 Å². The Hall–Kier alpha value is 0.648. The molecule has 0 aromatic carbocycles. The molecule has 1 heterocycles. The number of nitriles is 1. The molecule has 1 aliphatic rings. The molecule has 8 nitrogen and oxygen atoms in total. The first-order chi connectivity index (χ1) is 7.13. The molecular weight excluding hydrogens is 386 g/mol. The van der Waals surface area contributed by atoms with Crippen LogP contribution in [0.4, 0.5) is 0 Å². The van der Waals surface area contributed by atoms with Gasteiger partial charge in [0.2, 0.25) is 0 Å². The first kappa shape index (κ1) is 31.2. The van der Waals surface area contributed by atoms with Crippen LogP contribution in [0.3, 0.4) is 0 Å². The molecule has 0 saturated carbocycles. The van der Waals surface area contributed by atoms with Crippen LogP contribution in [0.25, 0.3) is 11.1 Å². The zero-order chi connectivity index (χ0) is 12.1. The van der Waals surface area contributed by atoms with Crippen molar-refractivity contribution in [2.24, 2.45) is 5.73 Å². The van der Waals surface area contributed by atoms with E-state index in [4.69, 9.17) is 16.4 Å². The van der Waals surface area contributed by atoms with Gasteiger partial charge in [0, 0.05) is 71.4 Å². The van der Waals surface area contributed by atoms with Crippen LogP contribution in [-0.4, -0.2) is 51.1 Å². The van der Waals surface area contributed by atoms with E-state index in [9.17, 15) is 0 Å². The SMILES string of the molecule is CN1CC[N-]C1=N.CNCC[NH-].N.N#CN.[Y].[Y]. The maximum absolute atomic E-state index is 7.10. The number of nitrogens with two attached hydrogens (primary N) is 1. The number of nitrogens with zero attached hydrogens (tertiary/aromatic N) is 3. The van der Waals surface area contributed by atoms with Crippen molar-refractivity contribution < 1.29 is 65.4 Å². The predicted molar refractivity (Wildman–Crippen MR) is 66.5 cm³/mol. The molecule has 0 spiro atoms. The molecule has 0 bridgehead atoms. The molecule has 0 aliphatic carbocycles. The van der Waals surface area contributed by atoms with Gasteiger partial charge in [-0.1, -0.05) is 0 Å². The van der Waals surface area contributed by atoms with Gasteiger partial charge >= 0.3 is 0 Å². The summed E-state index contributed by atoms with van der Waals surface area (Å²) in [7, 11) is 3.72. The van der Waals surface area contributed by atoms with E-state index in [2.05, 4.69) is 16.4 Å². The van der Waals surface area contributed by atoms with Gasteiger partial charge in [-0.2, -0.15) is 5.26 Å². The van der Waals surface area contributed by atoms with E-state index in [0.717, 1.165) is 19.6 Å². The fourth-order valence-electron chi connectivity index (χ4n) is 0.658. The van der Waals surface area contributed by atoms with E-state index < -0.39 is 0 Å². The number of nitrogens with one attached hydrogen (secondary N) is 3. The Morgan fingerprint density at radius 1 is 1.61 bits per heavy atom. The molecule has 10 heteroatoms. The van der Waals surface area contributed by atoms with Crippen LogP contribution in [0.1, 0.15) is 0 Å². The van der Waals surface area contributed by atoms with E-state index in [0.29, 0.717) is 12.5 Å². The Kier molecular flexibility index (Phi) is 45.5. The minimum Gasteiger partial charge on any atom is -0.676 e. The van der Waals surface area contributed by atoms with Gasteiger partial charge in [0.25, 0.3) is 0 Å². The summed E-state index contributed by atoms with van der Waals surface area (Å²) in [6.07, 6.45) is 1.25. The van der Waals surface area contributed by atoms with Crippen molar-refractivity contribution in [3.05, 3.63) is 11.1 Å². The molecule has 1 saturated heterocycles. The van der Waals surface area contributed by atoms with Gasteiger partial charge in [0.1, 0.15) is 0 Å². The van der Waals surface area contributed by atoms with Crippen LogP contribution in [0.2, 0.25) is 0 Å². The summed E-state index contributed by atoms with van der Waals surface area (Å²) < 4.78 is 0. The molecule has 18 heavy (non-hydrogen) atoms. The zero-order valence-electron chi connectivity index (χ0n) is 11.1. The molecular formula is C8H22N8Y2-2. The summed E-state index contributed by atoms with van der Waals surface area (Å²) in [4.78, 5) is 1.82. The summed E-state index contributed by atoms with van der Waals surface area (Å²) >= 11 is 0. The van der Waals surface area contributed by atoms with Gasteiger partial charge in [0.15, 0.2) is 6.19 Å². The standard InChI is InChI=1S/C4H8N3.C3H9N2.CH2N2.H3N.2Y/c1-7-3-2-6-4(7)5;1-5-3-2-4;2-1-3;;;/h2-3H2,1H3,(H-,5,6);4-5H,2-3H2,1H3;2H2;1H3;;/q2*-1;;;;. The summed E-state index contributed by atoms with van der Waals surface area (Å²) in [5, 5.41) is 20.8. The smallest absolute Gasteiger partial charge is 0.173 e. The molecule has 1 fully saturated rings. The number of rotatable bonds is 2. The predicted octanol–water partition coefficient (Wildman–Crippen LogP) is 0.0815. The van der Waals surface area contributed by atoms with Crippen molar-refractivity contribution in [3.8, 4) is 6.19 Å². The zero-order valence-corrected chi connectivity index (χ0v) is 16.8. The second-order valence-electron chi connectivity index (χ2n) is 2.61. The number of likely N-dealkylation sites (N-methyl/N-ethyl adjacent to an activating group) is 2. The third-order valence-corrected chi connectivity index (χ3v) is 1.43. The maximum Gasteiger partial charge on any atom is 0.173 e. The molecule has 0 aromatic rings. The van der Waals surface area contributed by atoms with Crippen molar-refractivity contribution in [1.82, 2.24) is 16.4 Å². The summed E-state index contributed by atoms with van der Waals surface area (Å²) in [6, 6.07) is 0. The summed E-state index contributed by atoms with van der Waals surface area (Å²) in [6.45, 7) is 3.00. The van der Waals surface area contributed by atoms with Crippen LogP contribution in [0.5, 0.6) is 0 Å². The monoisotopic (exact) mass is 408 g/mol. The van der Waals surface area contributed by atoms with Gasteiger partial charge in [-0.05, 0) is 33.7 Å².